The highest BCUT2D eigenvalue weighted by molar-refractivity contribution is 6.33. The number of hydrogen-bond donors (Lipinski definition) is 2. The molecule has 0 bridgehead atoms. The van der Waals surface area contributed by atoms with Crippen molar-refractivity contribution in [3.63, 3.8) is 0 Å². The van der Waals surface area contributed by atoms with Crippen LogP contribution >= 0.6 is 11.6 Å². The highest BCUT2D eigenvalue weighted by Crippen LogP contribution is 2.29. The van der Waals surface area contributed by atoms with Gasteiger partial charge >= 0.3 is 0 Å². The van der Waals surface area contributed by atoms with Crippen molar-refractivity contribution in [1.29, 1.82) is 0 Å². The second-order valence-electron chi connectivity index (χ2n) is 7.67. The number of ether oxygens (including phenoxy) is 2. The molecule has 3 aromatic carbocycles. The molecule has 2 amide bonds. The van der Waals surface area contributed by atoms with Crippen LogP contribution in [0, 0.1) is 10.1 Å². The van der Waals surface area contributed by atoms with E-state index in [1.54, 1.807) is 54.6 Å². The summed E-state index contributed by atoms with van der Waals surface area (Å²) in [5.41, 5.74) is 4.31. The maximum atomic E-state index is 12.0. The van der Waals surface area contributed by atoms with Gasteiger partial charge in [0.2, 0.25) is 11.8 Å². The molecule has 0 aliphatic carbocycles. The van der Waals surface area contributed by atoms with Crippen molar-refractivity contribution < 1.29 is 24.0 Å². The molecule has 0 heterocycles. The minimum absolute atomic E-state index is 0.00912. The number of carbonyl (C=O) groups excluding carboxylic acids is 2. The van der Waals surface area contributed by atoms with E-state index in [1.807, 2.05) is 6.92 Å². The Morgan fingerprint density at radius 3 is 2.43 bits per heavy atom. The fourth-order valence-corrected chi connectivity index (χ4v) is 3.29. The summed E-state index contributed by atoms with van der Waals surface area (Å²) in [4.78, 5) is 34.4. The summed E-state index contributed by atoms with van der Waals surface area (Å²) in [5, 5.41) is 17.8. The molecule has 0 radical (unpaired) electrons. The molecule has 0 saturated heterocycles. The summed E-state index contributed by atoms with van der Waals surface area (Å²) in [7, 11) is 0. The van der Waals surface area contributed by atoms with Gasteiger partial charge in [0, 0.05) is 25.0 Å². The number of carbonyl (C=O) groups is 2. The zero-order valence-electron chi connectivity index (χ0n) is 20.0. The number of nitrogens with zero attached hydrogens (tertiary/aromatic N) is 2. The first-order valence-corrected chi connectivity index (χ1v) is 11.7. The lowest BCUT2D eigenvalue weighted by Crippen LogP contribution is -2.20. The van der Waals surface area contributed by atoms with Gasteiger partial charge < -0.3 is 14.8 Å². The van der Waals surface area contributed by atoms with Gasteiger partial charge in [-0.25, -0.2) is 5.43 Å². The zero-order valence-corrected chi connectivity index (χ0v) is 20.7. The van der Waals surface area contributed by atoms with E-state index in [0.717, 1.165) is 5.56 Å². The van der Waals surface area contributed by atoms with Gasteiger partial charge in [-0.05, 0) is 60.5 Å². The Labute approximate surface area is 218 Å². The van der Waals surface area contributed by atoms with E-state index in [9.17, 15) is 19.7 Å². The number of benzene rings is 3. The minimum atomic E-state index is -0.459. The Bertz CT molecular complexity index is 1280. The van der Waals surface area contributed by atoms with Crippen LogP contribution in [-0.2, 0) is 16.2 Å². The van der Waals surface area contributed by atoms with Crippen LogP contribution in [0.1, 0.15) is 30.9 Å². The number of amides is 2. The van der Waals surface area contributed by atoms with Gasteiger partial charge in [-0.1, -0.05) is 23.7 Å². The number of hydrazone groups is 1. The molecule has 11 heteroatoms. The van der Waals surface area contributed by atoms with Crippen LogP contribution in [0.4, 0.5) is 11.4 Å². The molecular weight excluding hydrogens is 500 g/mol. The summed E-state index contributed by atoms with van der Waals surface area (Å²) >= 11 is 6.01. The number of hydrogen-bond acceptors (Lipinski definition) is 7. The molecule has 10 nitrogen and oxygen atoms in total. The zero-order chi connectivity index (χ0) is 26.6. The Morgan fingerprint density at radius 2 is 1.73 bits per heavy atom. The Morgan fingerprint density at radius 1 is 1.00 bits per heavy atom. The van der Waals surface area contributed by atoms with Gasteiger partial charge in [-0.15, -0.1) is 0 Å². The lowest BCUT2D eigenvalue weighted by Gasteiger charge is -2.12. The van der Waals surface area contributed by atoms with Crippen molar-refractivity contribution in [2.45, 2.75) is 26.4 Å². The van der Waals surface area contributed by atoms with Crippen molar-refractivity contribution >= 4 is 41.0 Å². The predicted octanol–water partition coefficient (Wildman–Crippen LogP) is 5.09. The fourth-order valence-electron chi connectivity index (χ4n) is 3.10. The summed E-state index contributed by atoms with van der Waals surface area (Å²) in [6.07, 6.45) is 1.37. The summed E-state index contributed by atoms with van der Waals surface area (Å²) in [5.74, 6) is 0.221. The molecule has 0 fully saturated rings. The van der Waals surface area contributed by atoms with Gasteiger partial charge in [-0.2, -0.15) is 5.10 Å². The van der Waals surface area contributed by atoms with E-state index < -0.39 is 10.8 Å². The SMILES string of the molecule is CCOc1cc(C=NNC(=O)CCC(=O)Nc2ccccc2Cl)ccc1OCc1ccc([N+](=O)[O-])cc1. The van der Waals surface area contributed by atoms with Crippen LogP contribution in [0.5, 0.6) is 11.5 Å². The van der Waals surface area contributed by atoms with E-state index in [-0.39, 0.29) is 31.0 Å². The lowest BCUT2D eigenvalue weighted by molar-refractivity contribution is -0.384. The summed E-state index contributed by atoms with van der Waals surface area (Å²) in [6.45, 7) is 2.44. The number of nitro benzene ring substituents is 1. The molecule has 0 spiro atoms. The van der Waals surface area contributed by atoms with Gasteiger partial charge in [0.15, 0.2) is 11.5 Å². The van der Waals surface area contributed by atoms with E-state index >= 15 is 0 Å². The molecule has 0 unspecified atom stereocenters. The molecule has 0 saturated carbocycles. The van der Waals surface area contributed by atoms with E-state index in [1.165, 1.54) is 18.3 Å². The molecule has 0 aliphatic heterocycles. The molecule has 0 atom stereocenters. The maximum Gasteiger partial charge on any atom is 0.269 e. The third kappa shape index (κ3) is 8.62. The maximum absolute atomic E-state index is 12.0. The number of nitro groups is 1. The molecule has 0 aromatic heterocycles. The van der Waals surface area contributed by atoms with Crippen LogP contribution in [0.2, 0.25) is 5.02 Å². The third-order valence-electron chi connectivity index (χ3n) is 4.94. The van der Waals surface area contributed by atoms with Crippen molar-refractivity contribution in [1.82, 2.24) is 5.43 Å². The second kappa shape index (κ2) is 13.6. The van der Waals surface area contributed by atoms with Crippen LogP contribution < -0.4 is 20.2 Å². The Hall–Kier alpha value is -4.44. The van der Waals surface area contributed by atoms with Crippen LogP contribution in [0.3, 0.4) is 0 Å². The highest BCUT2D eigenvalue weighted by Gasteiger charge is 2.10. The van der Waals surface area contributed by atoms with Gasteiger partial charge in [0.05, 0.1) is 28.5 Å². The molecule has 3 rings (SSSR count). The first-order chi connectivity index (χ1) is 17.9. The summed E-state index contributed by atoms with van der Waals surface area (Å²) < 4.78 is 11.5. The minimum Gasteiger partial charge on any atom is -0.490 e. The predicted molar refractivity (Wildman–Crippen MR) is 140 cm³/mol. The van der Waals surface area contributed by atoms with Crippen molar-refractivity contribution in [3.8, 4) is 11.5 Å². The first-order valence-electron chi connectivity index (χ1n) is 11.3. The van der Waals surface area contributed by atoms with E-state index in [2.05, 4.69) is 15.8 Å². The van der Waals surface area contributed by atoms with Gasteiger partial charge in [-0.3, -0.25) is 19.7 Å². The smallest absolute Gasteiger partial charge is 0.269 e. The Balaban J connectivity index is 1.50. The Kier molecular flexibility index (Phi) is 9.98. The number of para-hydroxylation sites is 1. The van der Waals surface area contributed by atoms with Crippen molar-refractivity contribution in [3.05, 3.63) is 93.0 Å². The average Bonchev–Trinajstić information content (AvgIpc) is 2.89. The number of rotatable bonds is 12. The van der Waals surface area contributed by atoms with Crippen LogP contribution in [0.15, 0.2) is 71.8 Å². The van der Waals surface area contributed by atoms with Crippen molar-refractivity contribution in [2.75, 3.05) is 11.9 Å². The molecule has 37 heavy (non-hydrogen) atoms. The number of nitrogens with one attached hydrogen (secondary N) is 2. The van der Waals surface area contributed by atoms with Gasteiger partial charge in [0.1, 0.15) is 6.61 Å². The largest absolute Gasteiger partial charge is 0.490 e. The molecule has 192 valence electrons. The first kappa shape index (κ1) is 27.2. The molecule has 2 N–H and O–H groups in total. The van der Waals surface area contributed by atoms with Crippen LogP contribution in [0.25, 0.3) is 0 Å². The second-order valence-corrected chi connectivity index (χ2v) is 8.08. The standard InChI is InChI=1S/C26H25ClN4O6/c1-2-36-24-15-19(9-12-23(24)37-17-18-7-10-20(11-8-18)31(34)35)16-28-30-26(33)14-13-25(32)29-22-6-4-3-5-21(22)27/h3-12,15-16H,2,13-14,17H2,1H3,(H,29,32)(H,30,33). The van der Waals surface area contributed by atoms with E-state index in [0.29, 0.717) is 34.4 Å². The number of non-ortho nitro benzene ring substituents is 1. The van der Waals surface area contributed by atoms with Crippen molar-refractivity contribution in [2.24, 2.45) is 5.10 Å². The van der Waals surface area contributed by atoms with Crippen LogP contribution in [-0.4, -0.2) is 29.6 Å². The number of anilines is 1. The summed E-state index contributed by atoms with van der Waals surface area (Å²) in [6, 6.07) is 18.1. The molecular formula is C26H25ClN4O6. The quantitative estimate of drug-likeness (QED) is 0.192. The molecule has 3 aromatic rings. The highest BCUT2D eigenvalue weighted by atomic mass is 35.5. The average molecular weight is 525 g/mol. The molecule has 0 aliphatic rings. The topological polar surface area (TPSA) is 132 Å². The monoisotopic (exact) mass is 524 g/mol. The normalized spacial score (nSPS) is 10.6. The lowest BCUT2D eigenvalue weighted by atomic mass is 10.2. The third-order valence-corrected chi connectivity index (χ3v) is 5.27. The fraction of sp³-hybridized carbons (Fsp3) is 0.192. The van der Waals surface area contributed by atoms with E-state index in [4.69, 9.17) is 21.1 Å². The number of halogens is 1. The van der Waals surface area contributed by atoms with Gasteiger partial charge in [0.25, 0.3) is 5.69 Å².